The van der Waals surface area contributed by atoms with E-state index >= 15 is 0 Å². The molecule has 7 nitrogen and oxygen atoms in total. The van der Waals surface area contributed by atoms with E-state index in [1.807, 2.05) is 0 Å². The largest absolute Gasteiger partial charge is 0.444 e. The Morgan fingerprint density at radius 3 is 2.61 bits per heavy atom. The molecule has 156 valence electrons. The van der Waals surface area contributed by atoms with Crippen LogP contribution in [-0.2, 0) is 15.9 Å². The molecule has 0 unspecified atom stereocenters. The number of halogens is 2. The molecule has 0 fully saturated rings. The second-order valence-corrected chi connectivity index (χ2v) is 5.79. The molecular weight excluding hydrogens is 478 g/mol. The molecule has 0 atom stereocenters. The highest BCUT2D eigenvalue weighted by Gasteiger charge is 2.07. The summed E-state index contributed by atoms with van der Waals surface area (Å²) >= 11 is 0. The number of aliphatic imine (C=N–C) groups is 1. The van der Waals surface area contributed by atoms with Crippen LogP contribution in [-0.4, -0.2) is 58.0 Å². The quantitative estimate of drug-likeness (QED) is 0.211. The minimum absolute atomic E-state index is 0. The minimum atomic E-state index is -0.282. The van der Waals surface area contributed by atoms with Gasteiger partial charge in [0, 0.05) is 45.8 Å². The molecule has 2 aromatic rings. The lowest BCUT2D eigenvalue weighted by Crippen LogP contribution is -2.39. The van der Waals surface area contributed by atoms with Gasteiger partial charge in [0.2, 0.25) is 5.89 Å². The number of hydrogen-bond donors (Lipinski definition) is 2. The maximum Gasteiger partial charge on any atom is 0.226 e. The number of oxazole rings is 1. The number of hydrogen-bond acceptors (Lipinski definition) is 5. The highest BCUT2D eigenvalue weighted by atomic mass is 127. The van der Waals surface area contributed by atoms with E-state index in [1.54, 1.807) is 32.6 Å². The number of ether oxygens (including phenoxy) is 2. The van der Waals surface area contributed by atoms with Crippen molar-refractivity contribution in [2.24, 2.45) is 4.99 Å². The molecule has 9 heteroatoms. The predicted molar refractivity (Wildman–Crippen MR) is 118 cm³/mol. The van der Waals surface area contributed by atoms with Crippen LogP contribution in [0.2, 0.25) is 0 Å². The molecule has 1 aromatic carbocycles. The SMILES string of the molecule is CN=C(NCCCOCCOC)NCCc1coc(-c2ccc(F)cc2)n1.I. The van der Waals surface area contributed by atoms with Crippen LogP contribution in [0.4, 0.5) is 4.39 Å². The molecule has 0 spiro atoms. The van der Waals surface area contributed by atoms with E-state index in [2.05, 4.69) is 20.6 Å². The third-order valence-electron chi connectivity index (χ3n) is 3.73. The topological polar surface area (TPSA) is 80.9 Å². The summed E-state index contributed by atoms with van der Waals surface area (Å²) in [7, 11) is 3.39. The molecule has 0 amide bonds. The van der Waals surface area contributed by atoms with Gasteiger partial charge in [-0.3, -0.25) is 4.99 Å². The van der Waals surface area contributed by atoms with Crippen molar-refractivity contribution < 1.29 is 18.3 Å². The fraction of sp³-hybridized carbons (Fsp3) is 0.474. The van der Waals surface area contributed by atoms with Gasteiger partial charge in [0.1, 0.15) is 12.1 Å². The van der Waals surface area contributed by atoms with Crippen LogP contribution in [0.25, 0.3) is 11.5 Å². The standard InChI is InChI=1S/C19H27FN4O3.HI/c1-21-19(22-9-3-11-26-13-12-25-2)23-10-8-17-14-27-18(24-17)15-4-6-16(20)7-5-15;/h4-7,14H,3,8-13H2,1-2H3,(H2,21,22,23);1H. The van der Waals surface area contributed by atoms with Crippen LogP contribution >= 0.6 is 24.0 Å². The van der Waals surface area contributed by atoms with Crippen LogP contribution in [0, 0.1) is 5.82 Å². The average Bonchev–Trinajstić information content (AvgIpc) is 3.15. The molecule has 1 aromatic heterocycles. The number of nitrogens with one attached hydrogen (secondary N) is 2. The summed E-state index contributed by atoms with van der Waals surface area (Å²) < 4.78 is 28.8. The number of rotatable bonds is 11. The summed E-state index contributed by atoms with van der Waals surface area (Å²) in [5.74, 6) is 0.935. The van der Waals surface area contributed by atoms with Crippen LogP contribution in [0.3, 0.4) is 0 Å². The third-order valence-corrected chi connectivity index (χ3v) is 3.73. The molecule has 0 aliphatic carbocycles. The monoisotopic (exact) mass is 506 g/mol. The maximum atomic E-state index is 13.0. The van der Waals surface area contributed by atoms with E-state index in [0.29, 0.717) is 38.7 Å². The number of guanidine groups is 1. The van der Waals surface area contributed by atoms with E-state index < -0.39 is 0 Å². The molecule has 0 radical (unpaired) electrons. The molecule has 0 bridgehead atoms. The Hall–Kier alpha value is -1.72. The Kier molecular flexibility index (Phi) is 12.4. The maximum absolute atomic E-state index is 13.0. The number of aromatic nitrogens is 1. The van der Waals surface area contributed by atoms with Gasteiger partial charge in [-0.15, -0.1) is 24.0 Å². The van der Waals surface area contributed by atoms with Crippen molar-refractivity contribution in [3.8, 4) is 11.5 Å². The van der Waals surface area contributed by atoms with Gasteiger partial charge in [0.15, 0.2) is 5.96 Å². The summed E-state index contributed by atoms with van der Waals surface area (Å²) in [6.45, 7) is 3.34. The lowest BCUT2D eigenvalue weighted by atomic mass is 10.2. The zero-order chi connectivity index (χ0) is 19.3. The first-order valence-corrected chi connectivity index (χ1v) is 8.94. The van der Waals surface area contributed by atoms with Crippen LogP contribution in [0.1, 0.15) is 12.1 Å². The highest BCUT2D eigenvalue weighted by Crippen LogP contribution is 2.18. The molecule has 2 rings (SSSR count). The van der Waals surface area contributed by atoms with Gasteiger partial charge >= 0.3 is 0 Å². The van der Waals surface area contributed by atoms with Crippen molar-refractivity contribution in [3.05, 3.63) is 42.0 Å². The summed E-state index contributed by atoms with van der Waals surface area (Å²) in [5.41, 5.74) is 1.57. The molecule has 2 N–H and O–H groups in total. The molecule has 28 heavy (non-hydrogen) atoms. The Morgan fingerprint density at radius 1 is 1.14 bits per heavy atom. The Bertz CT molecular complexity index is 695. The Morgan fingerprint density at radius 2 is 1.89 bits per heavy atom. The van der Waals surface area contributed by atoms with Gasteiger partial charge in [-0.1, -0.05) is 0 Å². The van der Waals surface area contributed by atoms with E-state index in [4.69, 9.17) is 13.9 Å². The second-order valence-electron chi connectivity index (χ2n) is 5.79. The minimum Gasteiger partial charge on any atom is -0.444 e. The van der Waals surface area contributed by atoms with Crippen molar-refractivity contribution in [2.45, 2.75) is 12.8 Å². The van der Waals surface area contributed by atoms with Gasteiger partial charge in [0.25, 0.3) is 0 Å². The predicted octanol–water partition coefficient (Wildman–Crippen LogP) is 2.86. The Balaban J connectivity index is 0.00000392. The van der Waals surface area contributed by atoms with E-state index in [0.717, 1.165) is 30.2 Å². The first-order valence-electron chi connectivity index (χ1n) is 8.94. The van der Waals surface area contributed by atoms with Crippen LogP contribution in [0.5, 0.6) is 0 Å². The molecule has 0 aliphatic heterocycles. The number of methoxy groups -OCH3 is 1. The molecule has 0 aliphatic rings. The van der Waals surface area contributed by atoms with Gasteiger partial charge in [0.05, 0.1) is 18.9 Å². The van der Waals surface area contributed by atoms with Crippen molar-refractivity contribution in [2.75, 3.05) is 47.1 Å². The van der Waals surface area contributed by atoms with Crippen molar-refractivity contribution in [3.63, 3.8) is 0 Å². The second kappa shape index (κ2) is 14.3. The first-order chi connectivity index (χ1) is 13.2. The smallest absolute Gasteiger partial charge is 0.226 e. The summed E-state index contributed by atoms with van der Waals surface area (Å²) in [6, 6.07) is 6.07. The van der Waals surface area contributed by atoms with Gasteiger partial charge in [-0.05, 0) is 30.7 Å². The van der Waals surface area contributed by atoms with E-state index in [1.165, 1.54) is 12.1 Å². The van der Waals surface area contributed by atoms with E-state index in [-0.39, 0.29) is 29.8 Å². The third kappa shape index (κ3) is 8.98. The molecule has 0 saturated carbocycles. The lowest BCUT2D eigenvalue weighted by molar-refractivity contribution is 0.0698. The number of nitrogens with zero attached hydrogens (tertiary/aromatic N) is 2. The van der Waals surface area contributed by atoms with Crippen molar-refractivity contribution >= 4 is 29.9 Å². The lowest BCUT2D eigenvalue weighted by Gasteiger charge is -2.11. The normalized spacial score (nSPS) is 11.2. The fourth-order valence-corrected chi connectivity index (χ4v) is 2.30. The fourth-order valence-electron chi connectivity index (χ4n) is 2.30. The van der Waals surface area contributed by atoms with Gasteiger partial charge in [-0.2, -0.15) is 0 Å². The van der Waals surface area contributed by atoms with E-state index in [9.17, 15) is 4.39 Å². The number of benzene rings is 1. The van der Waals surface area contributed by atoms with Crippen molar-refractivity contribution in [1.82, 2.24) is 15.6 Å². The summed E-state index contributed by atoms with van der Waals surface area (Å²) in [5, 5.41) is 6.46. The zero-order valence-electron chi connectivity index (χ0n) is 16.2. The highest BCUT2D eigenvalue weighted by molar-refractivity contribution is 14.0. The summed E-state index contributed by atoms with van der Waals surface area (Å²) in [6.07, 6.45) is 3.19. The van der Waals surface area contributed by atoms with Gasteiger partial charge in [-0.25, -0.2) is 9.37 Å². The Labute approximate surface area is 182 Å². The molecular formula is C19H28FIN4O3. The van der Waals surface area contributed by atoms with Crippen LogP contribution < -0.4 is 10.6 Å². The van der Waals surface area contributed by atoms with Crippen molar-refractivity contribution in [1.29, 1.82) is 0 Å². The van der Waals surface area contributed by atoms with Gasteiger partial charge < -0.3 is 24.5 Å². The first kappa shape index (κ1) is 24.3. The molecule has 0 saturated heterocycles. The molecule has 1 heterocycles. The zero-order valence-corrected chi connectivity index (χ0v) is 18.6. The average molecular weight is 506 g/mol. The summed E-state index contributed by atoms with van der Waals surface area (Å²) in [4.78, 5) is 8.61. The van der Waals surface area contributed by atoms with Crippen LogP contribution in [0.15, 0.2) is 39.9 Å².